The number of amides is 1. The molecule has 2 aromatic carbocycles. The standard InChI is InChI=1S/C25H25ClN4O3S/c1-3-33-14-6-13-30-24(32)19-11-10-17(26)15-22(19)29-25(30)34-16(2)23(31)28-21-9-4-8-20-18(21)7-5-12-27-20/h4-5,7-12,15-16H,3,6,13-14H2,1-2H3,(H,28,31). The fourth-order valence-corrected chi connectivity index (χ4v) is 4.69. The third kappa shape index (κ3) is 5.41. The number of carbonyl (C=O) groups is 1. The maximum absolute atomic E-state index is 13.2. The van der Waals surface area contributed by atoms with Crippen molar-refractivity contribution in [2.24, 2.45) is 0 Å². The van der Waals surface area contributed by atoms with Gasteiger partial charge >= 0.3 is 0 Å². The van der Waals surface area contributed by atoms with Crippen LogP contribution in [0.2, 0.25) is 5.02 Å². The average Bonchev–Trinajstić information content (AvgIpc) is 2.83. The molecule has 34 heavy (non-hydrogen) atoms. The average molecular weight is 497 g/mol. The van der Waals surface area contributed by atoms with Gasteiger partial charge in [0.1, 0.15) is 0 Å². The van der Waals surface area contributed by atoms with Crippen LogP contribution in [-0.2, 0) is 16.1 Å². The summed E-state index contributed by atoms with van der Waals surface area (Å²) in [5.41, 5.74) is 1.84. The minimum Gasteiger partial charge on any atom is -0.382 e. The van der Waals surface area contributed by atoms with Gasteiger partial charge in [-0.25, -0.2) is 4.98 Å². The number of fused-ring (bicyclic) bond motifs is 2. The van der Waals surface area contributed by atoms with Gasteiger partial charge in [-0.05, 0) is 62.7 Å². The summed E-state index contributed by atoms with van der Waals surface area (Å²) in [4.78, 5) is 35.3. The molecular weight excluding hydrogens is 472 g/mol. The Balaban J connectivity index is 1.61. The summed E-state index contributed by atoms with van der Waals surface area (Å²) >= 11 is 7.38. The van der Waals surface area contributed by atoms with E-state index in [4.69, 9.17) is 16.3 Å². The van der Waals surface area contributed by atoms with E-state index in [1.165, 1.54) is 11.8 Å². The second-order valence-electron chi connectivity index (χ2n) is 7.69. The summed E-state index contributed by atoms with van der Waals surface area (Å²) < 4.78 is 7.05. The number of rotatable bonds is 9. The lowest BCUT2D eigenvalue weighted by atomic mass is 10.2. The van der Waals surface area contributed by atoms with Crippen molar-refractivity contribution in [1.82, 2.24) is 14.5 Å². The molecule has 2 heterocycles. The highest BCUT2D eigenvalue weighted by atomic mass is 35.5. The van der Waals surface area contributed by atoms with E-state index in [9.17, 15) is 9.59 Å². The fourth-order valence-electron chi connectivity index (χ4n) is 3.59. The molecule has 1 unspecified atom stereocenters. The van der Waals surface area contributed by atoms with Crippen molar-refractivity contribution >= 4 is 56.8 Å². The molecule has 1 amide bonds. The van der Waals surface area contributed by atoms with Gasteiger partial charge in [0.2, 0.25) is 5.91 Å². The SMILES string of the molecule is CCOCCCn1c(SC(C)C(=O)Nc2cccc3ncccc23)nc2cc(Cl)ccc2c1=O. The van der Waals surface area contributed by atoms with Gasteiger partial charge < -0.3 is 10.1 Å². The zero-order valence-corrected chi connectivity index (χ0v) is 20.5. The first kappa shape index (κ1) is 24.2. The van der Waals surface area contributed by atoms with Crippen LogP contribution in [0.5, 0.6) is 0 Å². The zero-order valence-electron chi connectivity index (χ0n) is 19.0. The number of thioether (sulfide) groups is 1. The van der Waals surface area contributed by atoms with Crippen molar-refractivity contribution < 1.29 is 9.53 Å². The minimum atomic E-state index is -0.506. The molecule has 0 saturated carbocycles. The monoisotopic (exact) mass is 496 g/mol. The first-order valence-corrected chi connectivity index (χ1v) is 12.3. The quantitative estimate of drug-likeness (QED) is 0.196. The van der Waals surface area contributed by atoms with Crippen molar-refractivity contribution in [1.29, 1.82) is 0 Å². The Morgan fingerprint density at radius 3 is 2.85 bits per heavy atom. The van der Waals surface area contributed by atoms with Gasteiger partial charge in [-0.2, -0.15) is 0 Å². The van der Waals surface area contributed by atoms with Crippen LogP contribution in [0.3, 0.4) is 0 Å². The van der Waals surface area contributed by atoms with Crippen LogP contribution in [0.15, 0.2) is 64.7 Å². The Morgan fingerprint density at radius 2 is 2.03 bits per heavy atom. The highest BCUT2D eigenvalue weighted by Crippen LogP contribution is 2.27. The van der Waals surface area contributed by atoms with Crippen LogP contribution in [0, 0.1) is 0 Å². The summed E-state index contributed by atoms with van der Waals surface area (Å²) in [6.07, 6.45) is 2.38. The molecule has 0 bridgehead atoms. The molecule has 0 aliphatic carbocycles. The van der Waals surface area contributed by atoms with Gasteiger partial charge in [-0.15, -0.1) is 0 Å². The fraction of sp³-hybridized carbons (Fsp3) is 0.280. The van der Waals surface area contributed by atoms with Crippen LogP contribution in [0.25, 0.3) is 21.8 Å². The molecule has 0 aliphatic heterocycles. The van der Waals surface area contributed by atoms with Crippen molar-refractivity contribution in [3.05, 3.63) is 70.1 Å². The van der Waals surface area contributed by atoms with Crippen LogP contribution in [-0.4, -0.2) is 38.9 Å². The summed E-state index contributed by atoms with van der Waals surface area (Å²) in [6, 6.07) is 14.4. The van der Waals surface area contributed by atoms with Crippen LogP contribution in [0.1, 0.15) is 20.3 Å². The van der Waals surface area contributed by atoms with E-state index < -0.39 is 5.25 Å². The molecule has 4 rings (SSSR count). The first-order valence-electron chi connectivity index (χ1n) is 11.1. The number of ether oxygens (including phenoxy) is 1. The van der Waals surface area contributed by atoms with E-state index in [0.717, 1.165) is 10.9 Å². The van der Waals surface area contributed by atoms with Gasteiger partial charge in [-0.1, -0.05) is 29.4 Å². The normalized spacial score (nSPS) is 12.2. The predicted octanol–water partition coefficient (Wildman–Crippen LogP) is 5.14. The van der Waals surface area contributed by atoms with Crippen molar-refractivity contribution in [3.63, 3.8) is 0 Å². The molecule has 4 aromatic rings. The van der Waals surface area contributed by atoms with Crippen molar-refractivity contribution in [3.8, 4) is 0 Å². The number of hydrogen-bond donors (Lipinski definition) is 1. The minimum absolute atomic E-state index is 0.159. The molecule has 9 heteroatoms. The molecule has 0 saturated heterocycles. The summed E-state index contributed by atoms with van der Waals surface area (Å²) in [5.74, 6) is -0.192. The van der Waals surface area contributed by atoms with E-state index in [-0.39, 0.29) is 11.5 Å². The number of pyridine rings is 1. The number of carbonyl (C=O) groups excluding carboxylic acids is 1. The summed E-state index contributed by atoms with van der Waals surface area (Å²) in [6.45, 7) is 5.32. The van der Waals surface area contributed by atoms with Crippen LogP contribution < -0.4 is 10.9 Å². The molecule has 0 spiro atoms. The maximum Gasteiger partial charge on any atom is 0.262 e. The van der Waals surface area contributed by atoms with E-state index in [2.05, 4.69) is 15.3 Å². The van der Waals surface area contributed by atoms with Gasteiger partial charge in [0, 0.05) is 36.4 Å². The number of nitrogens with zero attached hydrogens (tertiary/aromatic N) is 3. The lowest BCUT2D eigenvalue weighted by molar-refractivity contribution is -0.115. The van der Waals surface area contributed by atoms with E-state index in [1.807, 2.05) is 37.3 Å². The zero-order chi connectivity index (χ0) is 24.1. The number of benzene rings is 2. The second kappa shape index (κ2) is 11.0. The number of nitrogens with one attached hydrogen (secondary N) is 1. The molecule has 0 aliphatic rings. The highest BCUT2D eigenvalue weighted by molar-refractivity contribution is 8.00. The smallest absolute Gasteiger partial charge is 0.262 e. The maximum atomic E-state index is 13.2. The third-order valence-electron chi connectivity index (χ3n) is 5.31. The van der Waals surface area contributed by atoms with Gasteiger partial charge in [-0.3, -0.25) is 19.1 Å². The predicted molar refractivity (Wildman–Crippen MR) is 138 cm³/mol. The Bertz CT molecular complexity index is 1390. The summed E-state index contributed by atoms with van der Waals surface area (Å²) in [5, 5.41) is 4.81. The molecule has 1 N–H and O–H groups in total. The molecule has 7 nitrogen and oxygen atoms in total. The van der Waals surface area contributed by atoms with Crippen LogP contribution >= 0.6 is 23.4 Å². The number of aromatic nitrogens is 3. The number of halogens is 1. The summed E-state index contributed by atoms with van der Waals surface area (Å²) in [7, 11) is 0. The number of hydrogen-bond acceptors (Lipinski definition) is 6. The van der Waals surface area contributed by atoms with Crippen molar-refractivity contribution in [2.45, 2.75) is 37.2 Å². The van der Waals surface area contributed by atoms with E-state index in [0.29, 0.717) is 52.9 Å². The lowest BCUT2D eigenvalue weighted by Crippen LogP contribution is -2.27. The Kier molecular flexibility index (Phi) is 7.82. The first-order chi connectivity index (χ1) is 16.5. The molecule has 176 valence electrons. The largest absolute Gasteiger partial charge is 0.382 e. The van der Waals surface area contributed by atoms with Crippen LogP contribution in [0.4, 0.5) is 5.69 Å². The van der Waals surface area contributed by atoms with E-state index >= 15 is 0 Å². The number of anilines is 1. The topological polar surface area (TPSA) is 86.1 Å². The van der Waals surface area contributed by atoms with E-state index in [1.54, 1.807) is 35.9 Å². The Labute approximate surface area is 206 Å². The molecule has 0 radical (unpaired) electrons. The second-order valence-corrected chi connectivity index (χ2v) is 9.43. The third-order valence-corrected chi connectivity index (χ3v) is 6.64. The van der Waals surface area contributed by atoms with Gasteiger partial charge in [0.05, 0.1) is 27.4 Å². The molecular formula is C25H25ClN4O3S. The molecule has 1 atom stereocenters. The van der Waals surface area contributed by atoms with Crippen molar-refractivity contribution in [2.75, 3.05) is 18.5 Å². The molecule has 0 fully saturated rings. The van der Waals surface area contributed by atoms with Gasteiger partial charge in [0.25, 0.3) is 5.56 Å². The van der Waals surface area contributed by atoms with Gasteiger partial charge in [0.15, 0.2) is 5.16 Å². The lowest BCUT2D eigenvalue weighted by Gasteiger charge is -2.17. The highest BCUT2D eigenvalue weighted by Gasteiger charge is 2.20. The Hall–Kier alpha value is -2.94. The Morgan fingerprint density at radius 1 is 1.18 bits per heavy atom. The molecule has 2 aromatic heterocycles.